The predicted octanol–water partition coefficient (Wildman–Crippen LogP) is 5.00. The van der Waals surface area contributed by atoms with Gasteiger partial charge in [0.1, 0.15) is 0 Å². The van der Waals surface area contributed by atoms with Gasteiger partial charge in [-0.1, -0.05) is 55.0 Å². The van der Waals surface area contributed by atoms with E-state index < -0.39 is 0 Å². The zero-order valence-electron chi connectivity index (χ0n) is 17.0. The van der Waals surface area contributed by atoms with Crippen LogP contribution in [0.4, 0.5) is 5.13 Å². The van der Waals surface area contributed by atoms with Crippen molar-refractivity contribution in [2.24, 2.45) is 0 Å². The van der Waals surface area contributed by atoms with Crippen LogP contribution in [0.1, 0.15) is 46.8 Å². The number of para-hydroxylation sites is 1. The summed E-state index contributed by atoms with van der Waals surface area (Å²) in [5, 5.41) is 1.07. The highest BCUT2D eigenvalue weighted by molar-refractivity contribution is 7.22. The fraction of sp³-hybridized carbons (Fsp3) is 0.391. The lowest BCUT2D eigenvalue weighted by molar-refractivity contribution is 0.0746. The molecule has 1 aliphatic rings. The second kappa shape index (κ2) is 7.55. The summed E-state index contributed by atoms with van der Waals surface area (Å²) >= 11 is 1.76. The van der Waals surface area contributed by atoms with Gasteiger partial charge in [-0.3, -0.25) is 4.79 Å². The maximum absolute atomic E-state index is 12.9. The van der Waals surface area contributed by atoms with Crippen LogP contribution < -0.4 is 4.90 Å². The zero-order valence-corrected chi connectivity index (χ0v) is 17.8. The fourth-order valence-electron chi connectivity index (χ4n) is 3.88. The summed E-state index contributed by atoms with van der Waals surface area (Å²) in [6, 6.07) is 12.5. The molecule has 4 nitrogen and oxygen atoms in total. The van der Waals surface area contributed by atoms with Crippen molar-refractivity contribution >= 4 is 32.6 Å². The largest absolute Gasteiger partial charge is 0.345 e. The Hall–Kier alpha value is -2.40. The molecule has 146 valence electrons. The predicted molar refractivity (Wildman–Crippen MR) is 118 cm³/mol. The van der Waals surface area contributed by atoms with Crippen LogP contribution in [0.15, 0.2) is 36.4 Å². The number of piperazine rings is 1. The molecule has 0 bridgehead atoms. The van der Waals surface area contributed by atoms with Gasteiger partial charge in [0.25, 0.3) is 5.91 Å². The molecule has 0 N–H and O–H groups in total. The lowest BCUT2D eigenvalue weighted by atomic mass is 10.0. The van der Waals surface area contributed by atoms with Crippen LogP contribution in [0.3, 0.4) is 0 Å². The molecule has 0 radical (unpaired) electrons. The Balaban J connectivity index is 1.49. The van der Waals surface area contributed by atoms with E-state index in [9.17, 15) is 4.79 Å². The number of aromatic nitrogens is 1. The maximum Gasteiger partial charge on any atom is 0.254 e. The van der Waals surface area contributed by atoms with Crippen LogP contribution in [-0.2, 0) is 0 Å². The number of aryl methyl sites for hydroxylation is 2. The van der Waals surface area contributed by atoms with Crippen LogP contribution in [0.5, 0.6) is 0 Å². The lowest BCUT2D eigenvalue weighted by Crippen LogP contribution is -2.48. The van der Waals surface area contributed by atoms with Gasteiger partial charge in [-0.15, -0.1) is 0 Å². The van der Waals surface area contributed by atoms with Crippen LogP contribution >= 0.6 is 11.3 Å². The Morgan fingerprint density at radius 2 is 1.82 bits per heavy atom. The van der Waals surface area contributed by atoms with Crippen molar-refractivity contribution in [3.8, 4) is 0 Å². The van der Waals surface area contributed by atoms with Crippen molar-refractivity contribution in [2.45, 2.75) is 33.6 Å². The highest BCUT2D eigenvalue weighted by atomic mass is 32.1. The first-order valence-corrected chi connectivity index (χ1v) is 10.8. The third kappa shape index (κ3) is 3.51. The van der Waals surface area contributed by atoms with Crippen molar-refractivity contribution in [3.05, 3.63) is 58.7 Å². The van der Waals surface area contributed by atoms with Gasteiger partial charge in [0.05, 0.1) is 10.2 Å². The van der Waals surface area contributed by atoms with E-state index >= 15 is 0 Å². The van der Waals surface area contributed by atoms with Gasteiger partial charge in [0.15, 0.2) is 5.13 Å². The fourth-order valence-corrected chi connectivity index (χ4v) is 4.94. The zero-order chi connectivity index (χ0) is 19.8. The second-order valence-electron chi connectivity index (χ2n) is 7.94. The van der Waals surface area contributed by atoms with E-state index in [-0.39, 0.29) is 5.91 Å². The number of amides is 1. The highest BCUT2D eigenvalue weighted by Gasteiger charge is 2.25. The summed E-state index contributed by atoms with van der Waals surface area (Å²) in [6.07, 6.45) is 0. The van der Waals surface area contributed by atoms with E-state index in [0.29, 0.717) is 5.92 Å². The molecule has 4 rings (SSSR count). The molecule has 0 aliphatic carbocycles. The molecule has 1 amide bonds. The minimum absolute atomic E-state index is 0.142. The molecular formula is C23H27N3OS. The summed E-state index contributed by atoms with van der Waals surface area (Å²) in [4.78, 5) is 22.2. The number of thiazole rings is 1. The minimum Gasteiger partial charge on any atom is -0.345 e. The van der Waals surface area contributed by atoms with Crippen LogP contribution in [0.2, 0.25) is 0 Å². The smallest absolute Gasteiger partial charge is 0.254 e. The first-order valence-electron chi connectivity index (χ1n) is 9.95. The third-order valence-corrected chi connectivity index (χ3v) is 6.59. The Kier molecular flexibility index (Phi) is 5.11. The van der Waals surface area contributed by atoms with Gasteiger partial charge < -0.3 is 9.80 Å². The summed E-state index contributed by atoms with van der Waals surface area (Å²) in [7, 11) is 0. The molecular weight excluding hydrogens is 366 g/mol. The number of rotatable bonds is 3. The van der Waals surface area contributed by atoms with Crippen molar-refractivity contribution in [3.63, 3.8) is 0 Å². The standard InChI is InChI=1S/C23H27N3OS/c1-15(2)18-6-5-7-20-21(18)24-23(28-20)26-12-10-25(11-13-26)22(27)19-9-8-16(3)14-17(19)4/h5-9,14-15H,10-13H2,1-4H3. The number of nitrogens with zero attached hydrogens (tertiary/aromatic N) is 3. The van der Waals surface area contributed by atoms with Gasteiger partial charge in [-0.2, -0.15) is 0 Å². The minimum atomic E-state index is 0.142. The Bertz CT molecular complexity index is 1020. The van der Waals surface area contributed by atoms with Gasteiger partial charge in [0.2, 0.25) is 0 Å². The number of hydrogen-bond donors (Lipinski definition) is 0. The molecule has 0 saturated carbocycles. The molecule has 5 heteroatoms. The molecule has 1 aromatic heterocycles. The van der Waals surface area contributed by atoms with Crippen LogP contribution in [-0.4, -0.2) is 42.0 Å². The molecule has 28 heavy (non-hydrogen) atoms. The molecule has 0 spiro atoms. The molecule has 0 atom stereocenters. The molecule has 0 unspecified atom stereocenters. The SMILES string of the molecule is Cc1ccc(C(=O)N2CCN(c3nc4c(C(C)C)cccc4s3)CC2)c(C)c1. The lowest BCUT2D eigenvalue weighted by Gasteiger charge is -2.34. The second-order valence-corrected chi connectivity index (χ2v) is 8.95. The third-order valence-electron chi connectivity index (χ3n) is 5.51. The van der Waals surface area contributed by atoms with Gasteiger partial charge in [0, 0.05) is 31.7 Å². The summed E-state index contributed by atoms with van der Waals surface area (Å²) in [6.45, 7) is 11.6. The van der Waals surface area contributed by atoms with E-state index in [0.717, 1.165) is 48.0 Å². The number of anilines is 1. The number of hydrogen-bond acceptors (Lipinski definition) is 4. The van der Waals surface area contributed by atoms with E-state index in [1.165, 1.54) is 15.8 Å². The summed E-state index contributed by atoms with van der Waals surface area (Å²) in [5.74, 6) is 0.606. The quantitative estimate of drug-likeness (QED) is 0.628. The van der Waals surface area contributed by atoms with Crippen molar-refractivity contribution in [1.29, 1.82) is 0 Å². The number of fused-ring (bicyclic) bond motifs is 1. The molecule has 1 saturated heterocycles. The summed E-state index contributed by atoms with van der Waals surface area (Å²) in [5.41, 5.74) is 5.51. The van der Waals surface area contributed by atoms with Crippen LogP contribution in [0, 0.1) is 13.8 Å². The first-order chi connectivity index (χ1) is 13.4. The maximum atomic E-state index is 12.9. The Morgan fingerprint density at radius 3 is 2.50 bits per heavy atom. The monoisotopic (exact) mass is 393 g/mol. The average molecular weight is 394 g/mol. The van der Waals surface area contributed by atoms with Crippen molar-refractivity contribution in [1.82, 2.24) is 9.88 Å². The average Bonchev–Trinajstić information content (AvgIpc) is 3.11. The molecule has 3 aromatic rings. The molecule has 1 fully saturated rings. The van der Waals surface area contributed by atoms with Gasteiger partial charge >= 0.3 is 0 Å². The van der Waals surface area contributed by atoms with E-state index in [1.807, 2.05) is 24.0 Å². The Labute approximate surface area is 170 Å². The molecule has 1 aliphatic heterocycles. The number of carbonyl (C=O) groups excluding carboxylic acids is 1. The number of carbonyl (C=O) groups is 1. The Morgan fingerprint density at radius 1 is 1.07 bits per heavy atom. The van der Waals surface area contributed by atoms with Crippen LogP contribution in [0.25, 0.3) is 10.2 Å². The van der Waals surface area contributed by atoms with Crippen molar-refractivity contribution in [2.75, 3.05) is 31.1 Å². The molecule has 2 heterocycles. The molecule has 2 aromatic carbocycles. The topological polar surface area (TPSA) is 36.4 Å². The van der Waals surface area contributed by atoms with Gasteiger partial charge in [-0.05, 0) is 43.0 Å². The summed E-state index contributed by atoms with van der Waals surface area (Å²) < 4.78 is 1.25. The first kappa shape index (κ1) is 18.9. The van der Waals surface area contributed by atoms with E-state index in [2.05, 4.69) is 49.9 Å². The highest BCUT2D eigenvalue weighted by Crippen LogP contribution is 2.33. The van der Waals surface area contributed by atoms with E-state index in [4.69, 9.17) is 4.98 Å². The van der Waals surface area contributed by atoms with Gasteiger partial charge in [-0.25, -0.2) is 4.98 Å². The van der Waals surface area contributed by atoms with E-state index in [1.54, 1.807) is 11.3 Å². The number of benzene rings is 2. The van der Waals surface area contributed by atoms with Crippen molar-refractivity contribution < 1.29 is 4.79 Å². The normalized spacial score (nSPS) is 14.9.